The minimum Gasteiger partial charge on any atom is -0.478 e. The highest BCUT2D eigenvalue weighted by atomic mass is 16.4. The summed E-state index contributed by atoms with van der Waals surface area (Å²) >= 11 is 0. The van der Waals surface area contributed by atoms with Crippen LogP contribution in [0.25, 0.3) is 0 Å². The Labute approximate surface area is 128 Å². The number of rotatable bonds is 5. The lowest BCUT2D eigenvalue weighted by Crippen LogP contribution is -2.37. The van der Waals surface area contributed by atoms with E-state index in [4.69, 9.17) is 5.11 Å². The smallest absolute Gasteiger partial charge is 0.335 e. The molecule has 2 amide bonds. The van der Waals surface area contributed by atoms with Gasteiger partial charge in [0.15, 0.2) is 0 Å². The third-order valence-corrected chi connectivity index (χ3v) is 3.26. The van der Waals surface area contributed by atoms with Crippen molar-refractivity contribution < 1.29 is 14.7 Å². The van der Waals surface area contributed by atoms with Crippen LogP contribution >= 0.6 is 0 Å². The van der Waals surface area contributed by atoms with Crippen molar-refractivity contribution in [3.63, 3.8) is 0 Å². The zero-order valence-corrected chi connectivity index (χ0v) is 12.5. The molecule has 1 aromatic carbocycles. The van der Waals surface area contributed by atoms with E-state index in [2.05, 4.69) is 10.3 Å². The molecule has 7 nitrogen and oxygen atoms in total. The molecule has 0 radical (unpaired) electrons. The number of nitrogens with one attached hydrogen (secondary N) is 1. The Bertz CT molecular complexity index is 681. The molecular weight excluding hydrogens is 284 g/mol. The molecule has 0 aliphatic heterocycles. The van der Waals surface area contributed by atoms with Crippen LogP contribution in [0.4, 0.5) is 4.79 Å². The van der Waals surface area contributed by atoms with Gasteiger partial charge in [0.05, 0.1) is 12.1 Å². The Morgan fingerprint density at radius 2 is 2.18 bits per heavy atom. The van der Waals surface area contributed by atoms with E-state index in [0.717, 1.165) is 11.4 Å². The minimum absolute atomic E-state index is 0.202. The van der Waals surface area contributed by atoms with E-state index >= 15 is 0 Å². The second-order valence-electron chi connectivity index (χ2n) is 4.97. The molecule has 0 bridgehead atoms. The standard InChI is InChI=1S/C15H18N4O3/c1-18-7-6-16-13(18)10-19(2)15(22)17-9-11-4-3-5-12(8-11)14(20)21/h3-8H,9-10H2,1-2H3,(H,17,22)(H,20,21). The summed E-state index contributed by atoms with van der Waals surface area (Å²) in [5, 5.41) is 11.7. The maximum absolute atomic E-state index is 12.0. The van der Waals surface area contributed by atoms with Gasteiger partial charge in [-0.25, -0.2) is 14.6 Å². The molecule has 116 valence electrons. The lowest BCUT2D eigenvalue weighted by atomic mass is 10.1. The van der Waals surface area contributed by atoms with Gasteiger partial charge in [0.2, 0.25) is 0 Å². The summed E-state index contributed by atoms with van der Waals surface area (Å²) in [6, 6.07) is 6.24. The fraction of sp³-hybridized carbons (Fsp3) is 0.267. The summed E-state index contributed by atoms with van der Waals surface area (Å²) in [7, 11) is 3.54. The number of nitrogens with zero attached hydrogens (tertiary/aromatic N) is 3. The average Bonchev–Trinajstić information content (AvgIpc) is 2.90. The highest BCUT2D eigenvalue weighted by molar-refractivity contribution is 5.87. The van der Waals surface area contributed by atoms with E-state index in [1.165, 1.54) is 11.0 Å². The van der Waals surface area contributed by atoms with Gasteiger partial charge in [0.1, 0.15) is 5.82 Å². The quantitative estimate of drug-likeness (QED) is 0.875. The van der Waals surface area contributed by atoms with Crippen molar-refractivity contribution in [3.8, 4) is 0 Å². The predicted molar refractivity (Wildman–Crippen MR) is 80.3 cm³/mol. The van der Waals surface area contributed by atoms with Crippen LogP contribution in [0.5, 0.6) is 0 Å². The van der Waals surface area contributed by atoms with Gasteiger partial charge in [0.25, 0.3) is 0 Å². The number of carbonyl (C=O) groups is 2. The molecule has 0 saturated carbocycles. The van der Waals surface area contributed by atoms with Crippen LogP contribution in [0.1, 0.15) is 21.7 Å². The molecule has 7 heteroatoms. The largest absolute Gasteiger partial charge is 0.478 e. The van der Waals surface area contributed by atoms with E-state index in [9.17, 15) is 9.59 Å². The van der Waals surface area contributed by atoms with E-state index in [0.29, 0.717) is 6.54 Å². The molecule has 2 N–H and O–H groups in total. The second-order valence-corrected chi connectivity index (χ2v) is 4.97. The third kappa shape index (κ3) is 3.85. The van der Waals surface area contributed by atoms with Crippen molar-refractivity contribution in [1.29, 1.82) is 0 Å². The van der Waals surface area contributed by atoms with Gasteiger partial charge in [-0.15, -0.1) is 0 Å². The SMILES string of the molecule is CN(Cc1nccn1C)C(=O)NCc1cccc(C(=O)O)c1. The first-order chi connectivity index (χ1) is 10.5. The summed E-state index contributed by atoms with van der Waals surface area (Å²) in [5.41, 5.74) is 0.937. The zero-order chi connectivity index (χ0) is 16.1. The van der Waals surface area contributed by atoms with Crippen molar-refractivity contribution in [3.05, 3.63) is 53.6 Å². The van der Waals surface area contributed by atoms with Crippen LogP contribution < -0.4 is 5.32 Å². The van der Waals surface area contributed by atoms with E-state index < -0.39 is 5.97 Å². The predicted octanol–water partition coefficient (Wildman–Crippen LogP) is 1.46. The molecule has 0 unspecified atom stereocenters. The lowest BCUT2D eigenvalue weighted by Gasteiger charge is -2.17. The van der Waals surface area contributed by atoms with Gasteiger partial charge in [-0.05, 0) is 17.7 Å². The number of carboxylic acid groups (broad SMARTS) is 1. The van der Waals surface area contributed by atoms with Crippen LogP contribution in [0.15, 0.2) is 36.7 Å². The molecule has 0 aliphatic carbocycles. The third-order valence-electron chi connectivity index (χ3n) is 3.26. The van der Waals surface area contributed by atoms with Crippen LogP contribution in [0, 0.1) is 0 Å². The van der Waals surface area contributed by atoms with Gasteiger partial charge in [-0.1, -0.05) is 12.1 Å². The maximum atomic E-state index is 12.0. The molecule has 2 rings (SSSR count). The summed E-state index contributed by atoms with van der Waals surface area (Å²) in [4.78, 5) is 28.6. The van der Waals surface area contributed by atoms with E-state index in [1.807, 2.05) is 17.8 Å². The molecular formula is C15H18N4O3. The first-order valence-electron chi connectivity index (χ1n) is 6.75. The zero-order valence-electron chi connectivity index (χ0n) is 12.5. The molecule has 1 heterocycles. The molecule has 2 aromatic rings. The van der Waals surface area contributed by atoms with Gasteiger partial charge in [-0.3, -0.25) is 0 Å². The number of hydrogen-bond acceptors (Lipinski definition) is 3. The lowest BCUT2D eigenvalue weighted by molar-refractivity contribution is 0.0696. The van der Waals surface area contributed by atoms with Crippen molar-refractivity contribution >= 4 is 12.0 Å². The number of aryl methyl sites for hydroxylation is 1. The number of benzene rings is 1. The van der Waals surface area contributed by atoms with Crippen LogP contribution in [-0.4, -0.2) is 38.6 Å². The van der Waals surface area contributed by atoms with Crippen LogP contribution in [0.2, 0.25) is 0 Å². The normalized spacial score (nSPS) is 10.3. The molecule has 0 saturated heterocycles. The number of amides is 2. The van der Waals surface area contributed by atoms with E-state index in [1.54, 1.807) is 31.4 Å². The van der Waals surface area contributed by atoms with Gasteiger partial charge in [0, 0.05) is 33.0 Å². The number of carboxylic acids is 1. The number of imidazole rings is 1. The molecule has 0 spiro atoms. The minimum atomic E-state index is -0.986. The highest BCUT2D eigenvalue weighted by Crippen LogP contribution is 2.06. The number of carbonyl (C=O) groups excluding carboxylic acids is 1. The first kappa shape index (κ1) is 15.6. The number of urea groups is 1. The average molecular weight is 302 g/mol. The first-order valence-corrected chi connectivity index (χ1v) is 6.75. The Balaban J connectivity index is 1.91. The molecule has 0 fully saturated rings. The highest BCUT2D eigenvalue weighted by Gasteiger charge is 2.11. The summed E-state index contributed by atoms with van der Waals surface area (Å²) < 4.78 is 1.85. The fourth-order valence-corrected chi connectivity index (χ4v) is 1.96. The van der Waals surface area contributed by atoms with Crippen LogP contribution in [-0.2, 0) is 20.1 Å². The fourth-order valence-electron chi connectivity index (χ4n) is 1.96. The summed E-state index contributed by atoms with van der Waals surface area (Å²) in [6.45, 7) is 0.662. The Kier molecular flexibility index (Phi) is 4.77. The van der Waals surface area contributed by atoms with Gasteiger partial charge < -0.3 is 19.9 Å². The monoisotopic (exact) mass is 302 g/mol. The summed E-state index contributed by atoms with van der Waals surface area (Å²) in [5.74, 6) is -0.203. The van der Waals surface area contributed by atoms with Crippen LogP contribution in [0.3, 0.4) is 0 Å². The van der Waals surface area contributed by atoms with Crippen molar-refractivity contribution in [2.24, 2.45) is 7.05 Å². The molecule has 22 heavy (non-hydrogen) atoms. The number of hydrogen-bond donors (Lipinski definition) is 2. The Morgan fingerprint density at radius 3 is 2.82 bits per heavy atom. The number of aromatic nitrogens is 2. The molecule has 0 atom stereocenters. The Morgan fingerprint density at radius 1 is 1.41 bits per heavy atom. The van der Waals surface area contributed by atoms with Gasteiger partial charge >= 0.3 is 12.0 Å². The van der Waals surface area contributed by atoms with Crippen molar-refractivity contribution in [2.45, 2.75) is 13.1 Å². The Hall–Kier alpha value is -2.83. The van der Waals surface area contributed by atoms with Crippen molar-refractivity contribution in [2.75, 3.05) is 7.05 Å². The van der Waals surface area contributed by atoms with Gasteiger partial charge in [-0.2, -0.15) is 0 Å². The maximum Gasteiger partial charge on any atom is 0.335 e. The summed E-state index contributed by atoms with van der Waals surface area (Å²) in [6.07, 6.45) is 3.50. The topological polar surface area (TPSA) is 87.5 Å². The molecule has 0 aliphatic rings. The molecule has 1 aromatic heterocycles. The second kappa shape index (κ2) is 6.75. The van der Waals surface area contributed by atoms with E-state index in [-0.39, 0.29) is 18.1 Å². The number of aromatic carboxylic acids is 1. The van der Waals surface area contributed by atoms with Crippen molar-refractivity contribution in [1.82, 2.24) is 19.8 Å².